The summed E-state index contributed by atoms with van der Waals surface area (Å²) in [5.41, 5.74) is 2.21. The lowest BCUT2D eigenvalue weighted by Gasteiger charge is -2.16. The van der Waals surface area contributed by atoms with Gasteiger partial charge < -0.3 is 19.5 Å². The summed E-state index contributed by atoms with van der Waals surface area (Å²) in [6.07, 6.45) is 0. The number of ether oxygens (including phenoxy) is 3. The number of amides is 2. The van der Waals surface area contributed by atoms with Crippen molar-refractivity contribution >= 4 is 28.8 Å². The normalized spacial score (nSPS) is 13.3. The van der Waals surface area contributed by atoms with Crippen LogP contribution in [0.5, 0.6) is 17.2 Å². The number of rotatable bonds is 9. The molecular weight excluding hydrogens is 432 g/mol. The molecular formula is C27H26N2O5. The van der Waals surface area contributed by atoms with Crippen molar-refractivity contribution in [2.75, 3.05) is 30.5 Å². The van der Waals surface area contributed by atoms with Gasteiger partial charge >= 0.3 is 0 Å². The molecule has 3 aromatic carbocycles. The van der Waals surface area contributed by atoms with Crippen molar-refractivity contribution in [1.82, 2.24) is 0 Å². The molecule has 3 aromatic rings. The molecule has 0 bridgehead atoms. The number of nitrogens with one attached hydrogen (secondary N) is 1. The second kappa shape index (κ2) is 10.1. The van der Waals surface area contributed by atoms with Crippen molar-refractivity contribution in [2.45, 2.75) is 13.8 Å². The Hall–Kier alpha value is -4.26. The maximum atomic E-state index is 13.5. The van der Waals surface area contributed by atoms with E-state index in [1.165, 1.54) is 4.90 Å². The fourth-order valence-electron chi connectivity index (χ4n) is 3.76. The van der Waals surface area contributed by atoms with Gasteiger partial charge in [-0.25, -0.2) is 4.90 Å². The van der Waals surface area contributed by atoms with Crippen LogP contribution in [0.2, 0.25) is 0 Å². The van der Waals surface area contributed by atoms with Crippen LogP contribution < -0.4 is 24.4 Å². The van der Waals surface area contributed by atoms with Crippen molar-refractivity contribution in [3.8, 4) is 17.2 Å². The number of hydrogen-bond donors (Lipinski definition) is 1. The summed E-state index contributed by atoms with van der Waals surface area (Å²) in [6.45, 7) is 4.75. The van der Waals surface area contributed by atoms with Crippen LogP contribution in [0.3, 0.4) is 0 Å². The first-order valence-corrected chi connectivity index (χ1v) is 11.1. The smallest absolute Gasteiger partial charge is 0.282 e. The fourth-order valence-corrected chi connectivity index (χ4v) is 3.76. The number of imide groups is 1. The minimum absolute atomic E-state index is 0.193. The van der Waals surface area contributed by atoms with E-state index in [2.05, 4.69) is 5.32 Å². The van der Waals surface area contributed by atoms with E-state index in [0.717, 1.165) is 0 Å². The lowest BCUT2D eigenvalue weighted by molar-refractivity contribution is -0.120. The SMILES string of the molecule is CCOc1ccc(NC2=C(c3ccccc3)C(=O)N(c3ccc(OC)cc3)C2=O)cc1OCC. The molecule has 0 aliphatic carbocycles. The Morgan fingerprint density at radius 3 is 2.12 bits per heavy atom. The highest BCUT2D eigenvalue weighted by molar-refractivity contribution is 6.46. The number of anilines is 2. The molecule has 0 saturated heterocycles. The largest absolute Gasteiger partial charge is 0.497 e. The summed E-state index contributed by atoms with van der Waals surface area (Å²) in [6, 6.07) is 21.3. The zero-order valence-electron chi connectivity index (χ0n) is 19.3. The maximum absolute atomic E-state index is 13.5. The number of carbonyl (C=O) groups is 2. The third kappa shape index (κ3) is 4.45. The van der Waals surface area contributed by atoms with E-state index >= 15 is 0 Å². The Labute approximate surface area is 198 Å². The standard InChI is InChI=1S/C27H26N2O5/c1-4-33-22-16-11-19(17-23(22)34-5-2)28-25-24(18-9-7-6-8-10-18)26(30)29(27(25)31)20-12-14-21(32-3)15-13-20/h6-17,28H,4-5H2,1-3H3. The number of methoxy groups -OCH3 is 1. The van der Waals surface area contributed by atoms with Crippen LogP contribution in [-0.2, 0) is 9.59 Å². The molecule has 7 nitrogen and oxygen atoms in total. The molecule has 0 spiro atoms. The number of carbonyl (C=O) groups excluding carboxylic acids is 2. The Morgan fingerprint density at radius 1 is 0.794 bits per heavy atom. The van der Waals surface area contributed by atoms with Crippen LogP contribution in [0.4, 0.5) is 11.4 Å². The molecule has 1 aliphatic rings. The van der Waals surface area contributed by atoms with Gasteiger partial charge in [-0.05, 0) is 55.8 Å². The van der Waals surface area contributed by atoms with E-state index in [-0.39, 0.29) is 5.70 Å². The van der Waals surface area contributed by atoms with E-state index in [1.807, 2.05) is 44.2 Å². The average molecular weight is 459 g/mol. The predicted octanol–water partition coefficient (Wildman–Crippen LogP) is 4.89. The lowest BCUT2D eigenvalue weighted by Crippen LogP contribution is -2.32. The van der Waals surface area contributed by atoms with Crippen LogP contribution in [0.15, 0.2) is 78.5 Å². The molecule has 0 radical (unpaired) electrons. The molecule has 2 amide bonds. The van der Waals surface area contributed by atoms with Crippen molar-refractivity contribution < 1.29 is 23.8 Å². The first-order chi connectivity index (χ1) is 16.6. The topological polar surface area (TPSA) is 77.1 Å². The van der Waals surface area contributed by atoms with Crippen molar-refractivity contribution in [3.63, 3.8) is 0 Å². The van der Waals surface area contributed by atoms with Gasteiger partial charge in [0.2, 0.25) is 0 Å². The van der Waals surface area contributed by atoms with E-state index in [1.54, 1.807) is 49.6 Å². The summed E-state index contributed by atoms with van der Waals surface area (Å²) in [7, 11) is 1.56. The van der Waals surface area contributed by atoms with Gasteiger partial charge in [0, 0.05) is 11.8 Å². The molecule has 0 unspecified atom stereocenters. The second-order valence-corrected chi connectivity index (χ2v) is 7.41. The first-order valence-electron chi connectivity index (χ1n) is 11.1. The molecule has 0 saturated carbocycles. The summed E-state index contributed by atoms with van der Waals surface area (Å²) < 4.78 is 16.5. The molecule has 1 heterocycles. The molecule has 4 rings (SSSR count). The Bertz CT molecular complexity index is 1220. The highest BCUT2D eigenvalue weighted by Gasteiger charge is 2.40. The van der Waals surface area contributed by atoms with Gasteiger partial charge in [0.25, 0.3) is 11.8 Å². The molecule has 34 heavy (non-hydrogen) atoms. The molecule has 174 valence electrons. The number of hydrogen-bond acceptors (Lipinski definition) is 6. The molecule has 0 atom stereocenters. The lowest BCUT2D eigenvalue weighted by atomic mass is 10.0. The Balaban J connectivity index is 1.75. The van der Waals surface area contributed by atoms with Crippen molar-refractivity contribution in [3.05, 3.63) is 84.1 Å². The van der Waals surface area contributed by atoms with Crippen LogP contribution in [0, 0.1) is 0 Å². The number of benzene rings is 3. The van der Waals surface area contributed by atoms with Crippen molar-refractivity contribution in [1.29, 1.82) is 0 Å². The zero-order valence-corrected chi connectivity index (χ0v) is 19.3. The number of nitrogens with zero attached hydrogens (tertiary/aromatic N) is 1. The maximum Gasteiger partial charge on any atom is 0.282 e. The van der Waals surface area contributed by atoms with Gasteiger partial charge in [0.05, 0.1) is 31.6 Å². The minimum atomic E-state index is -0.444. The van der Waals surface area contributed by atoms with Gasteiger partial charge in [0.15, 0.2) is 11.5 Å². The van der Waals surface area contributed by atoms with E-state index in [9.17, 15) is 9.59 Å². The van der Waals surface area contributed by atoms with Gasteiger partial charge in [0.1, 0.15) is 11.4 Å². The van der Waals surface area contributed by atoms with Crippen LogP contribution in [0.25, 0.3) is 5.57 Å². The molecule has 1 N–H and O–H groups in total. The third-order valence-electron chi connectivity index (χ3n) is 5.29. The van der Waals surface area contributed by atoms with Gasteiger partial charge in [-0.1, -0.05) is 30.3 Å². The summed E-state index contributed by atoms with van der Waals surface area (Å²) in [5, 5.41) is 3.17. The third-order valence-corrected chi connectivity index (χ3v) is 5.29. The van der Waals surface area contributed by atoms with Gasteiger partial charge in [-0.2, -0.15) is 0 Å². The van der Waals surface area contributed by atoms with Gasteiger partial charge in [-0.3, -0.25) is 9.59 Å². The quantitative estimate of drug-likeness (QED) is 0.460. The Kier molecular flexibility index (Phi) is 6.82. The Morgan fingerprint density at radius 2 is 1.47 bits per heavy atom. The van der Waals surface area contributed by atoms with Crippen molar-refractivity contribution in [2.24, 2.45) is 0 Å². The molecule has 0 aromatic heterocycles. The van der Waals surface area contributed by atoms with E-state index < -0.39 is 11.8 Å². The van der Waals surface area contributed by atoms with Crippen LogP contribution in [0.1, 0.15) is 19.4 Å². The van der Waals surface area contributed by atoms with E-state index in [0.29, 0.717) is 53.0 Å². The first kappa shape index (κ1) is 22.9. The molecule has 1 aliphatic heterocycles. The summed E-state index contributed by atoms with van der Waals surface area (Å²) in [5.74, 6) is 0.955. The highest BCUT2D eigenvalue weighted by atomic mass is 16.5. The van der Waals surface area contributed by atoms with Crippen LogP contribution in [-0.4, -0.2) is 32.1 Å². The van der Waals surface area contributed by atoms with E-state index in [4.69, 9.17) is 14.2 Å². The fraction of sp³-hybridized carbons (Fsp3) is 0.185. The monoisotopic (exact) mass is 458 g/mol. The predicted molar refractivity (Wildman–Crippen MR) is 131 cm³/mol. The van der Waals surface area contributed by atoms with Crippen LogP contribution >= 0.6 is 0 Å². The second-order valence-electron chi connectivity index (χ2n) is 7.41. The average Bonchev–Trinajstić information content (AvgIpc) is 3.10. The summed E-state index contributed by atoms with van der Waals surface area (Å²) >= 11 is 0. The summed E-state index contributed by atoms with van der Waals surface area (Å²) in [4.78, 5) is 28.2. The molecule has 7 heteroatoms. The molecule has 0 fully saturated rings. The minimum Gasteiger partial charge on any atom is -0.497 e. The zero-order chi connectivity index (χ0) is 24.1. The van der Waals surface area contributed by atoms with Gasteiger partial charge in [-0.15, -0.1) is 0 Å². The highest BCUT2D eigenvalue weighted by Crippen LogP contribution is 2.36.